The Labute approximate surface area is 184 Å². The van der Waals surface area contributed by atoms with E-state index >= 15 is 0 Å². The van der Waals surface area contributed by atoms with Crippen LogP contribution in [0.1, 0.15) is 19.1 Å². The molecule has 2 rings (SSSR count). The van der Waals surface area contributed by atoms with Crippen molar-refractivity contribution in [3.8, 4) is 0 Å². The van der Waals surface area contributed by atoms with Gasteiger partial charge in [0.1, 0.15) is 36.2 Å². The number of nitrogens with zero attached hydrogens (tertiary/aromatic N) is 2. The van der Waals surface area contributed by atoms with Gasteiger partial charge in [-0.25, -0.2) is 9.59 Å². The molecule has 9 N–H and O–H groups in total. The summed E-state index contributed by atoms with van der Waals surface area (Å²) in [6.07, 6.45) is -5.83. The van der Waals surface area contributed by atoms with E-state index in [4.69, 9.17) is 20.7 Å². The molecule has 1 saturated heterocycles. The molecule has 0 bridgehead atoms. The fourth-order valence-corrected chi connectivity index (χ4v) is 2.91. The molecule has 0 spiro atoms. The van der Waals surface area contributed by atoms with E-state index in [9.17, 15) is 39.3 Å². The van der Waals surface area contributed by atoms with Crippen LogP contribution in [0, 0.1) is 0 Å². The van der Waals surface area contributed by atoms with Crippen molar-refractivity contribution in [3.63, 3.8) is 0 Å². The Bertz CT molecular complexity index is 967. The van der Waals surface area contributed by atoms with Gasteiger partial charge >= 0.3 is 17.6 Å². The van der Waals surface area contributed by atoms with Crippen molar-refractivity contribution in [2.24, 2.45) is 5.73 Å². The van der Waals surface area contributed by atoms with E-state index in [2.05, 4.69) is 10.3 Å². The highest BCUT2D eigenvalue weighted by molar-refractivity contribution is 5.95. The number of nitrogens with one attached hydrogen (secondary N) is 2. The molecule has 2 amide bonds. The highest BCUT2D eigenvalue weighted by Gasteiger charge is 2.43. The Hall–Kier alpha value is -3.44. The molecule has 0 aliphatic carbocycles. The lowest BCUT2D eigenvalue weighted by molar-refractivity contribution is -0.144. The fourth-order valence-electron chi connectivity index (χ4n) is 2.91. The van der Waals surface area contributed by atoms with Crippen molar-refractivity contribution in [1.82, 2.24) is 14.9 Å². The summed E-state index contributed by atoms with van der Waals surface area (Å²) >= 11 is 0. The zero-order valence-corrected chi connectivity index (χ0v) is 16.9. The topological polar surface area (TPSA) is 264 Å². The molecule has 1 aliphatic rings. The van der Waals surface area contributed by atoms with Gasteiger partial charge in [0.2, 0.25) is 11.8 Å². The summed E-state index contributed by atoms with van der Waals surface area (Å²) in [6, 6.07) is -2.13. The normalized spacial score (nSPS) is 24.0. The molecule has 33 heavy (non-hydrogen) atoms. The van der Waals surface area contributed by atoms with E-state index < -0.39 is 85.5 Å². The number of aliphatic hydroxyl groups excluding tert-OH is 3. The Morgan fingerprint density at radius 2 is 1.79 bits per heavy atom. The highest BCUT2D eigenvalue weighted by Crippen LogP contribution is 2.28. The molecule has 16 heteroatoms. The number of anilines is 1. The first-order valence-electron chi connectivity index (χ1n) is 9.46. The minimum atomic E-state index is -1.71. The van der Waals surface area contributed by atoms with E-state index in [1.807, 2.05) is 5.32 Å². The van der Waals surface area contributed by atoms with Gasteiger partial charge in [-0.2, -0.15) is 4.98 Å². The molecule has 182 valence electrons. The maximum Gasteiger partial charge on any atom is 0.351 e. The molecule has 6 atom stereocenters. The van der Waals surface area contributed by atoms with Gasteiger partial charge in [-0.1, -0.05) is 0 Å². The van der Waals surface area contributed by atoms with E-state index in [0.29, 0.717) is 0 Å². The van der Waals surface area contributed by atoms with Crippen LogP contribution in [0.3, 0.4) is 0 Å². The van der Waals surface area contributed by atoms with Crippen molar-refractivity contribution in [1.29, 1.82) is 0 Å². The Balaban J connectivity index is 2.02. The summed E-state index contributed by atoms with van der Waals surface area (Å²) in [4.78, 5) is 61.7. The van der Waals surface area contributed by atoms with Crippen LogP contribution in [0.4, 0.5) is 5.82 Å². The maximum atomic E-state index is 12.2. The number of hydrogen-bond acceptors (Lipinski definition) is 11. The number of carboxylic acids is 2. The lowest BCUT2D eigenvalue weighted by Crippen LogP contribution is -2.46. The van der Waals surface area contributed by atoms with Gasteiger partial charge in [-0.05, 0) is 6.07 Å². The molecule has 0 radical (unpaired) electrons. The number of aliphatic hydroxyl groups is 3. The summed E-state index contributed by atoms with van der Waals surface area (Å²) < 4.78 is 6.04. The standard InChI is InChI=1S/C17H23N5O11/c18-6(15(28)29)3-10(24)19-7(16(30)31)4-11(25)20-9-1-2-22(17(32)21-9)14-13(27)12(26)8(5-23)33-14/h1-2,6-8,12-14,23,26-27H,3-5,18H2,(H,19,24)(H,28,29)(H,30,31)(H,20,21,25,32). The smallest absolute Gasteiger partial charge is 0.351 e. The lowest BCUT2D eigenvalue weighted by atomic mass is 10.1. The molecule has 0 aromatic carbocycles. The van der Waals surface area contributed by atoms with Crippen molar-refractivity contribution in [3.05, 3.63) is 22.7 Å². The molecule has 2 heterocycles. The molecule has 1 aromatic rings. The first kappa shape index (κ1) is 25.8. The number of ether oxygens (including phenoxy) is 1. The van der Waals surface area contributed by atoms with Gasteiger partial charge in [0.15, 0.2) is 6.23 Å². The summed E-state index contributed by atoms with van der Waals surface area (Å²) in [7, 11) is 0. The molecule has 0 saturated carbocycles. The van der Waals surface area contributed by atoms with Gasteiger partial charge < -0.3 is 46.6 Å². The quantitative estimate of drug-likeness (QED) is 0.160. The summed E-state index contributed by atoms with van der Waals surface area (Å²) in [5.74, 6) is -5.26. The number of rotatable bonds is 10. The molecule has 16 nitrogen and oxygen atoms in total. The van der Waals surface area contributed by atoms with Crippen molar-refractivity contribution < 1.29 is 49.4 Å². The first-order chi connectivity index (χ1) is 15.4. The number of nitrogens with two attached hydrogens (primary N) is 1. The van der Waals surface area contributed by atoms with Crippen molar-refractivity contribution >= 4 is 29.6 Å². The molecule has 1 aromatic heterocycles. The highest BCUT2D eigenvalue weighted by atomic mass is 16.6. The molecule has 1 aliphatic heterocycles. The van der Waals surface area contributed by atoms with Crippen molar-refractivity contribution in [2.75, 3.05) is 11.9 Å². The molecular weight excluding hydrogens is 450 g/mol. The summed E-state index contributed by atoms with van der Waals surface area (Å²) in [5.41, 5.74) is 4.21. The van der Waals surface area contributed by atoms with E-state index in [0.717, 1.165) is 16.8 Å². The Morgan fingerprint density at radius 3 is 2.30 bits per heavy atom. The summed E-state index contributed by atoms with van der Waals surface area (Å²) in [5, 5.41) is 50.9. The van der Waals surface area contributed by atoms with Crippen LogP contribution in [-0.2, 0) is 23.9 Å². The van der Waals surface area contributed by atoms with Crippen LogP contribution in [0.2, 0.25) is 0 Å². The molecule has 6 unspecified atom stereocenters. The van der Waals surface area contributed by atoms with Gasteiger partial charge in [0.25, 0.3) is 0 Å². The Morgan fingerprint density at radius 1 is 1.12 bits per heavy atom. The summed E-state index contributed by atoms with van der Waals surface area (Å²) in [6.45, 7) is -0.603. The second kappa shape index (κ2) is 10.9. The number of carboxylic acid groups (broad SMARTS) is 2. The lowest BCUT2D eigenvalue weighted by Gasteiger charge is -2.17. The van der Waals surface area contributed by atoms with Crippen LogP contribution in [0.25, 0.3) is 0 Å². The maximum absolute atomic E-state index is 12.2. The second-order valence-electron chi connectivity index (χ2n) is 7.09. The number of aromatic nitrogens is 2. The number of hydrogen-bond donors (Lipinski definition) is 8. The van der Waals surface area contributed by atoms with E-state index in [1.54, 1.807) is 0 Å². The van der Waals surface area contributed by atoms with Gasteiger partial charge in [-0.3, -0.25) is 19.0 Å². The van der Waals surface area contributed by atoms with Gasteiger partial charge in [0, 0.05) is 6.20 Å². The Kier molecular flexibility index (Phi) is 8.55. The van der Waals surface area contributed by atoms with Crippen LogP contribution in [0.5, 0.6) is 0 Å². The average molecular weight is 473 g/mol. The van der Waals surface area contributed by atoms with Crippen molar-refractivity contribution in [2.45, 2.75) is 49.5 Å². The zero-order chi connectivity index (χ0) is 24.9. The molecule has 1 fully saturated rings. The van der Waals surface area contributed by atoms with Gasteiger partial charge in [-0.15, -0.1) is 0 Å². The third-order valence-electron chi connectivity index (χ3n) is 4.63. The van der Waals surface area contributed by atoms with Crippen LogP contribution in [-0.4, -0.2) is 95.8 Å². The van der Waals surface area contributed by atoms with Crippen LogP contribution < -0.4 is 22.1 Å². The number of amides is 2. The first-order valence-corrected chi connectivity index (χ1v) is 9.46. The minimum Gasteiger partial charge on any atom is -0.480 e. The fraction of sp³-hybridized carbons (Fsp3) is 0.529. The number of carbonyl (C=O) groups is 4. The number of aliphatic carboxylic acids is 2. The van der Waals surface area contributed by atoms with E-state index in [-0.39, 0.29) is 5.82 Å². The minimum absolute atomic E-state index is 0.281. The zero-order valence-electron chi connectivity index (χ0n) is 16.9. The van der Waals surface area contributed by atoms with Gasteiger partial charge in [0.05, 0.1) is 19.4 Å². The van der Waals surface area contributed by atoms with Crippen LogP contribution >= 0.6 is 0 Å². The van der Waals surface area contributed by atoms with Crippen LogP contribution in [0.15, 0.2) is 17.1 Å². The predicted molar refractivity (Wildman–Crippen MR) is 105 cm³/mol. The third kappa shape index (κ3) is 6.53. The number of carbonyl (C=O) groups excluding carboxylic acids is 2. The predicted octanol–water partition coefficient (Wildman–Crippen LogP) is -4.45. The third-order valence-corrected chi connectivity index (χ3v) is 4.63. The second-order valence-corrected chi connectivity index (χ2v) is 7.09. The average Bonchev–Trinajstić information content (AvgIpc) is 3.01. The SMILES string of the molecule is NC(CC(=O)NC(CC(=O)Nc1ccn(C2OC(CO)C(O)C2O)c(=O)n1)C(=O)O)C(=O)O. The molecular formula is C17H23N5O11. The largest absolute Gasteiger partial charge is 0.480 e. The van der Waals surface area contributed by atoms with E-state index in [1.165, 1.54) is 0 Å². The monoisotopic (exact) mass is 473 g/mol.